The molecule has 2 aliphatic rings. The molecule has 136 valence electrons. The minimum atomic E-state index is 0.0214. The van der Waals surface area contributed by atoms with Crippen LogP contribution in [0.1, 0.15) is 26.2 Å². The first kappa shape index (κ1) is 18.9. The van der Waals surface area contributed by atoms with Gasteiger partial charge < -0.3 is 15.5 Å². The summed E-state index contributed by atoms with van der Waals surface area (Å²) >= 11 is 0. The molecule has 6 nitrogen and oxygen atoms in total. The Morgan fingerprint density at radius 2 is 2.08 bits per heavy atom. The molecule has 2 saturated heterocycles. The van der Waals surface area contributed by atoms with E-state index < -0.39 is 0 Å². The number of nitrogens with one attached hydrogen (secondary N) is 2. The Balaban J connectivity index is 1.68. The Hall–Kier alpha value is -1.40. The first-order chi connectivity index (χ1) is 11.6. The number of rotatable bonds is 7. The molecule has 6 heteroatoms. The van der Waals surface area contributed by atoms with Gasteiger partial charge in [0.1, 0.15) is 0 Å². The molecule has 2 N–H and O–H groups in total. The number of piperazine rings is 1. The first-order valence-electron chi connectivity index (χ1n) is 9.18. The van der Waals surface area contributed by atoms with E-state index in [9.17, 15) is 9.59 Å². The average Bonchev–Trinajstić information content (AvgIpc) is 2.61. The maximum absolute atomic E-state index is 12.5. The number of amides is 2. The van der Waals surface area contributed by atoms with Crippen LogP contribution in [0.3, 0.4) is 0 Å². The summed E-state index contributed by atoms with van der Waals surface area (Å²) in [4.78, 5) is 28.3. The van der Waals surface area contributed by atoms with Gasteiger partial charge in [-0.05, 0) is 37.8 Å². The molecule has 0 spiro atoms. The van der Waals surface area contributed by atoms with Crippen LogP contribution in [0.5, 0.6) is 0 Å². The van der Waals surface area contributed by atoms with E-state index in [2.05, 4.69) is 29.0 Å². The van der Waals surface area contributed by atoms with Crippen molar-refractivity contribution in [3.8, 4) is 0 Å². The SMILES string of the molecule is C=CCNC(=O)CN1CCN(C(=O)CC(C)C2CCCNC2)CC1. The fourth-order valence-corrected chi connectivity index (χ4v) is 3.54. The smallest absolute Gasteiger partial charge is 0.234 e. The Morgan fingerprint density at radius 3 is 2.71 bits per heavy atom. The number of carbonyl (C=O) groups excluding carboxylic acids is 2. The maximum Gasteiger partial charge on any atom is 0.234 e. The van der Waals surface area contributed by atoms with Crippen molar-refractivity contribution in [2.75, 3.05) is 52.4 Å². The number of carbonyl (C=O) groups is 2. The second-order valence-corrected chi connectivity index (χ2v) is 7.04. The lowest BCUT2D eigenvalue weighted by atomic mass is 9.85. The first-order valence-corrected chi connectivity index (χ1v) is 9.18. The molecule has 0 aromatic heterocycles. The molecule has 2 fully saturated rings. The van der Waals surface area contributed by atoms with Crippen LogP contribution in [0.15, 0.2) is 12.7 Å². The zero-order chi connectivity index (χ0) is 17.4. The Bertz CT molecular complexity index is 427. The standard InChI is InChI=1S/C18H32N4O2/c1-3-6-20-17(23)14-21-8-10-22(11-9-21)18(24)12-15(2)16-5-4-7-19-13-16/h3,15-16,19H,1,4-14H2,2H3,(H,20,23). The molecule has 0 saturated carbocycles. The highest BCUT2D eigenvalue weighted by molar-refractivity contribution is 5.78. The lowest BCUT2D eigenvalue weighted by Gasteiger charge is -2.35. The summed E-state index contributed by atoms with van der Waals surface area (Å²) in [5.74, 6) is 1.35. The number of hydrogen-bond donors (Lipinski definition) is 2. The molecular weight excluding hydrogens is 304 g/mol. The van der Waals surface area contributed by atoms with E-state index in [0.29, 0.717) is 31.3 Å². The summed E-state index contributed by atoms with van der Waals surface area (Å²) in [5.41, 5.74) is 0. The number of nitrogens with zero attached hydrogens (tertiary/aromatic N) is 2. The number of hydrogen-bond acceptors (Lipinski definition) is 4. The zero-order valence-electron chi connectivity index (χ0n) is 14.9. The van der Waals surface area contributed by atoms with Crippen LogP contribution in [0, 0.1) is 11.8 Å². The molecule has 2 heterocycles. The molecule has 2 aliphatic heterocycles. The van der Waals surface area contributed by atoms with E-state index >= 15 is 0 Å². The summed E-state index contributed by atoms with van der Waals surface area (Å²) in [6, 6.07) is 0. The van der Waals surface area contributed by atoms with Gasteiger partial charge in [0.05, 0.1) is 6.54 Å². The van der Waals surface area contributed by atoms with Crippen molar-refractivity contribution in [2.45, 2.75) is 26.2 Å². The van der Waals surface area contributed by atoms with Crippen molar-refractivity contribution in [1.29, 1.82) is 0 Å². The van der Waals surface area contributed by atoms with Crippen LogP contribution in [-0.2, 0) is 9.59 Å². The van der Waals surface area contributed by atoms with Crippen LogP contribution in [-0.4, -0.2) is 74.0 Å². The molecule has 0 radical (unpaired) electrons. The minimum Gasteiger partial charge on any atom is -0.352 e. The third-order valence-electron chi connectivity index (χ3n) is 5.17. The van der Waals surface area contributed by atoms with Crippen molar-refractivity contribution < 1.29 is 9.59 Å². The van der Waals surface area contributed by atoms with Crippen molar-refractivity contribution in [2.24, 2.45) is 11.8 Å². The summed E-state index contributed by atoms with van der Waals surface area (Å²) in [7, 11) is 0. The van der Waals surface area contributed by atoms with Gasteiger partial charge in [0.15, 0.2) is 0 Å². The van der Waals surface area contributed by atoms with Gasteiger partial charge in [0.25, 0.3) is 0 Å². The Morgan fingerprint density at radius 1 is 1.33 bits per heavy atom. The highest BCUT2D eigenvalue weighted by Crippen LogP contribution is 2.23. The zero-order valence-corrected chi connectivity index (χ0v) is 14.9. The van der Waals surface area contributed by atoms with Gasteiger partial charge in [0, 0.05) is 39.1 Å². The van der Waals surface area contributed by atoms with Crippen LogP contribution in [0.4, 0.5) is 0 Å². The second kappa shape index (κ2) is 9.79. The van der Waals surface area contributed by atoms with Gasteiger partial charge in [-0.2, -0.15) is 0 Å². The minimum absolute atomic E-state index is 0.0214. The monoisotopic (exact) mass is 336 g/mol. The van der Waals surface area contributed by atoms with Gasteiger partial charge in [-0.1, -0.05) is 13.0 Å². The molecule has 0 aromatic carbocycles. The average molecular weight is 336 g/mol. The van der Waals surface area contributed by atoms with Gasteiger partial charge in [-0.3, -0.25) is 14.5 Å². The molecular formula is C18H32N4O2. The summed E-state index contributed by atoms with van der Waals surface area (Å²) in [5, 5.41) is 6.22. The molecule has 2 rings (SSSR count). The van der Waals surface area contributed by atoms with Gasteiger partial charge in [-0.15, -0.1) is 6.58 Å². The van der Waals surface area contributed by atoms with E-state index in [1.807, 2.05) is 4.90 Å². The molecule has 2 amide bonds. The quantitative estimate of drug-likeness (QED) is 0.663. The topological polar surface area (TPSA) is 64.7 Å². The second-order valence-electron chi connectivity index (χ2n) is 7.04. The molecule has 2 unspecified atom stereocenters. The van der Waals surface area contributed by atoms with Crippen molar-refractivity contribution in [3.05, 3.63) is 12.7 Å². The molecule has 0 bridgehead atoms. The lowest BCUT2D eigenvalue weighted by molar-refractivity contribution is -0.134. The molecule has 24 heavy (non-hydrogen) atoms. The number of piperidine rings is 1. The Labute approximate surface area is 145 Å². The lowest BCUT2D eigenvalue weighted by Crippen LogP contribution is -2.51. The highest BCUT2D eigenvalue weighted by Gasteiger charge is 2.26. The predicted molar refractivity (Wildman–Crippen MR) is 95.6 cm³/mol. The van der Waals surface area contributed by atoms with Crippen molar-refractivity contribution in [3.63, 3.8) is 0 Å². The van der Waals surface area contributed by atoms with E-state index in [-0.39, 0.29) is 11.8 Å². The summed E-state index contributed by atoms with van der Waals surface area (Å²) < 4.78 is 0. The fourth-order valence-electron chi connectivity index (χ4n) is 3.54. The fraction of sp³-hybridized carbons (Fsp3) is 0.778. The molecule has 0 aromatic rings. The van der Waals surface area contributed by atoms with Crippen LogP contribution in [0.2, 0.25) is 0 Å². The maximum atomic E-state index is 12.5. The Kier molecular flexibility index (Phi) is 7.72. The summed E-state index contributed by atoms with van der Waals surface area (Å²) in [6.07, 6.45) is 4.77. The third kappa shape index (κ3) is 5.91. The largest absolute Gasteiger partial charge is 0.352 e. The normalized spacial score (nSPS) is 23.5. The van der Waals surface area contributed by atoms with E-state index in [1.54, 1.807) is 6.08 Å². The van der Waals surface area contributed by atoms with E-state index in [4.69, 9.17) is 0 Å². The predicted octanol–water partition coefficient (Wildman–Crippen LogP) is 0.459. The van der Waals surface area contributed by atoms with Crippen molar-refractivity contribution >= 4 is 11.8 Å². The van der Waals surface area contributed by atoms with E-state index in [1.165, 1.54) is 12.8 Å². The summed E-state index contributed by atoms with van der Waals surface area (Å²) in [6.45, 7) is 11.8. The van der Waals surface area contributed by atoms with Crippen LogP contribution in [0.25, 0.3) is 0 Å². The van der Waals surface area contributed by atoms with Gasteiger partial charge in [-0.25, -0.2) is 0 Å². The van der Waals surface area contributed by atoms with E-state index in [0.717, 1.165) is 39.3 Å². The van der Waals surface area contributed by atoms with Crippen LogP contribution < -0.4 is 10.6 Å². The highest BCUT2D eigenvalue weighted by atomic mass is 16.2. The van der Waals surface area contributed by atoms with Gasteiger partial charge >= 0.3 is 0 Å². The van der Waals surface area contributed by atoms with Gasteiger partial charge in [0.2, 0.25) is 11.8 Å². The van der Waals surface area contributed by atoms with Crippen LogP contribution >= 0.6 is 0 Å². The third-order valence-corrected chi connectivity index (χ3v) is 5.17. The van der Waals surface area contributed by atoms with Crippen molar-refractivity contribution in [1.82, 2.24) is 20.4 Å². The molecule has 0 aliphatic carbocycles. The molecule has 2 atom stereocenters.